The maximum Gasteiger partial charge on any atom is 0.329 e. The van der Waals surface area contributed by atoms with Crippen molar-refractivity contribution >= 4 is 11.9 Å². The molecular weight excluding hydrogens is 198 g/mol. The van der Waals surface area contributed by atoms with Gasteiger partial charge in [0, 0.05) is 18.5 Å². The lowest BCUT2D eigenvalue weighted by Crippen LogP contribution is -2.25. The van der Waals surface area contributed by atoms with Gasteiger partial charge in [-0.2, -0.15) is 0 Å². The van der Waals surface area contributed by atoms with Crippen molar-refractivity contribution in [3.63, 3.8) is 0 Å². The highest BCUT2D eigenvalue weighted by Crippen LogP contribution is 2.01. The van der Waals surface area contributed by atoms with Crippen LogP contribution in [0.1, 0.15) is 40.5 Å². The fourth-order valence-electron chi connectivity index (χ4n) is 0.864. The molecular formula is C10H19NO4. The summed E-state index contributed by atoms with van der Waals surface area (Å²) in [5.74, 6) is -0.457. The van der Waals surface area contributed by atoms with Crippen LogP contribution in [0.5, 0.6) is 0 Å². The first-order chi connectivity index (χ1) is 6.91. The predicted molar refractivity (Wildman–Crippen MR) is 54.2 cm³/mol. The summed E-state index contributed by atoms with van der Waals surface area (Å²) in [7, 11) is 0. The van der Waals surface area contributed by atoms with Gasteiger partial charge in [-0.25, -0.2) is 0 Å². The van der Waals surface area contributed by atoms with Crippen LogP contribution in [-0.4, -0.2) is 11.9 Å². The fourth-order valence-corrected chi connectivity index (χ4v) is 0.864. The molecule has 0 aromatic heterocycles. The second-order valence-electron chi connectivity index (χ2n) is 4.23. The van der Waals surface area contributed by atoms with E-state index in [0.717, 1.165) is 0 Å². The first-order valence-corrected chi connectivity index (χ1v) is 5.06. The first-order valence-electron chi connectivity index (χ1n) is 5.06. The van der Waals surface area contributed by atoms with Crippen molar-refractivity contribution in [2.24, 2.45) is 11.8 Å². The number of rotatable bonds is 6. The van der Waals surface area contributed by atoms with E-state index < -0.39 is 11.9 Å². The molecule has 0 aliphatic rings. The Labute approximate surface area is 90.0 Å². The van der Waals surface area contributed by atoms with E-state index in [1.54, 1.807) is 0 Å². The van der Waals surface area contributed by atoms with Gasteiger partial charge in [0.2, 0.25) is 0 Å². The molecule has 1 N–H and O–H groups in total. The third-order valence-electron chi connectivity index (χ3n) is 1.46. The van der Waals surface area contributed by atoms with Gasteiger partial charge < -0.3 is 9.68 Å². The monoisotopic (exact) mass is 217 g/mol. The van der Waals surface area contributed by atoms with Crippen LogP contribution < -0.4 is 5.64 Å². The average Bonchev–Trinajstić information content (AvgIpc) is 2.00. The normalized spacial score (nSPS) is 10.5. The summed E-state index contributed by atoms with van der Waals surface area (Å²) in [6.45, 7) is 7.58. The third-order valence-corrected chi connectivity index (χ3v) is 1.46. The number of hydrogen-bond donors (Lipinski definition) is 1. The molecule has 5 heteroatoms. The molecule has 0 saturated heterocycles. The summed E-state index contributed by atoms with van der Waals surface area (Å²) in [6.07, 6.45) is 0.573. The SMILES string of the molecule is CC(C)CC(=O)ONOC(=O)CC(C)C. The molecule has 0 atom stereocenters. The third kappa shape index (κ3) is 9.21. The zero-order valence-electron chi connectivity index (χ0n) is 9.70. The Morgan fingerprint density at radius 1 is 0.933 bits per heavy atom. The van der Waals surface area contributed by atoms with Gasteiger partial charge in [0.25, 0.3) is 0 Å². The largest absolute Gasteiger partial charge is 0.336 e. The van der Waals surface area contributed by atoms with Crippen molar-refractivity contribution < 1.29 is 19.3 Å². The molecule has 15 heavy (non-hydrogen) atoms. The van der Waals surface area contributed by atoms with Crippen LogP contribution >= 0.6 is 0 Å². The molecule has 0 amide bonds. The molecule has 0 fully saturated rings. The number of carbonyl (C=O) groups excluding carboxylic acids is 2. The van der Waals surface area contributed by atoms with E-state index in [2.05, 4.69) is 9.68 Å². The maximum absolute atomic E-state index is 11.0. The van der Waals surface area contributed by atoms with Gasteiger partial charge in [-0.15, -0.1) is 0 Å². The summed E-state index contributed by atoms with van der Waals surface area (Å²) < 4.78 is 0. The van der Waals surface area contributed by atoms with E-state index >= 15 is 0 Å². The lowest BCUT2D eigenvalue weighted by atomic mass is 10.1. The topological polar surface area (TPSA) is 64.6 Å². The van der Waals surface area contributed by atoms with E-state index in [0.29, 0.717) is 0 Å². The van der Waals surface area contributed by atoms with Crippen molar-refractivity contribution in [3.05, 3.63) is 0 Å². The van der Waals surface area contributed by atoms with Crippen LogP contribution in [0.3, 0.4) is 0 Å². The Bertz CT molecular complexity index is 191. The number of carbonyl (C=O) groups is 2. The number of nitrogens with one attached hydrogen (secondary N) is 1. The molecule has 0 radical (unpaired) electrons. The minimum absolute atomic E-state index is 0.214. The molecule has 0 unspecified atom stereocenters. The van der Waals surface area contributed by atoms with Crippen LogP contribution in [0.15, 0.2) is 0 Å². The van der Waals surface area contributed by atoms with Gasteiger partial charge >= 0.3 is 11.9 Å². The average molecular weight is 217 g/mol. The zero-order valence-corrected chi connectivity index (χ0v) is 9.70. The van der Waals surface area contributed by atoms with Gasteiger partial charge in [-0.05, 0) is 11.8 Å². The van der Waals surface area contributed by atoms with Crippen molar-refractivity contribution in [1.29, 1.82) is 0 Å². The first kappa shape index (κ1) is 13.9. The van der Waals surface area contributed by atoms with Gasteiger partial charge in [-0.1, -0.05) is 27.7 Å². The Hall–Kier alpha value is -1.10. The van der Waals surface area contributed by atoms with Crippen molar-refractivity contribution in [1.82, 2.24) is 5.64 Å². The summed E-state index contributed by atoms with van der Waals surface area (Å²) in [4.78, 5) is 30.9. The van der Waals surface area contributed by atoms with Crippen molar-refractivity contribution in [2.45, 2.75) is 40.5 Å². The summed E-state index contributed by atoms with van der Waals surface area (Å²) >= 11 is 0. The second-order valence-corrected chi connectivity index (χ2v) is 4.23. The zero-order chi connectivity index (χ0) is 11.8. The van der Waals surface area contributed by atoms with Gasteiger partial charge in [0.15, 0.2) is 0 Å². The van der Waals surface area contributed by atoms with E-state index in [-0.39, 0.29) is 24.7 Å². The second kappa shape index (κ2) is 7.23. The maximum atomic E-state index is 11.0. The van der Waals surface area contributed by atoms with Gasteiger partial charge in [0.05, 0.1) is 0 Å². The fraction of sp³-hybridized carbons (Fsp3) is 0.800. The number of hydrogen-bond acceptors (Lipinski definition) is 5. The Morgan fingerprint density at radius 2 is 1.27 bits per heavy atom. The Balaban J connectivity index is 3.53. The molecule has 0 rings (SSSR count). The van der Waals surface area contributed by atoms with E-state index in [1.807, 2.05) is 33.3 Å². The molecule has 0 bridgehead atoms. The van der Waals surface area contributed by atoms with Crippen LogP contribution in [-0.2, 0) is 19.3 Å². The lowest BCUT2D eigenvalue weighted by Gasteiger charge is -2.07. The van der Waals surface area contributed by atoms with Crippen LogP contribution in [0.2, 0.25) is 0 Å². The Kier molecular flexibility index (Phi) is 6.70. The highest BCUT2D eigenvalue weighted by Gasteiger charge is 2.09. The van der Waals surface area contributed by atoms with E-state index in [4.69, 9.17) is 0 Å². The molecule has 0 spiro atoms. The van der Waals surface area contributed by atoms with Gasteiger partial charge in [-0.3, -0.25) is 9.59 Å². The molecule has 0 aliphatic carbocycles. The summed E-state index contributed by atoms with van der Waals surface area (Å²) in [5.41, 5.74) is 1.90. The smallest absolute Gasteiger partial charge is 0.329 e. The molecule has 0 aromatic rings. The Morgan fingerprint density at radius 3 is 1.53 bits per heavy atom. The predicted octanol–water partition coefficient (Wildman–Crippen LogP) is 1.58. The molecule has 0 aromatic carbocycles. The minimum Gasteiger partial charge on any atom is -0.336 e. The van der Waals surface area contributed by atoms with E-state index in [9.17, 15) is 9.59 Å². The highest BCUT2D eigenvalue weighted by molar-refractivity contribution is 5.70. The standard InChI is InChI=1S/C10H19NO4/c1-7(2)5-9(12)14-11-15-10(13)6-8(3)4/h7-8,11H,5-6H2,1-4H3. The molecule has 0 saturated carbocycles. The van der Waals surface area contributed by atoms with Gasteiger partial charge in [0.1, 0.15) is 0 Å². The van der Waals surface area contributed by atoms with Crippen LogP contribution in [0.4, 0.5) is 0 Å². The van der Waals surface area contributed by atoms with Crippen molar-refractivity contribution in [3.8, 4) is 0 Å². The lowest BCUT2D eigenvalue weighted by molar-refractivity contribution is -0.199. The molecule has 0 aliphatic heterocycles. The van der Waals surface area contributed by atoms with Crippen LogP contribution in [0, 0.1) is 11.8 Å². The summed E-state index contributed by atoms with van der Waals surface area (Å²) in [5, 5.41) is 0. The minimum atomic E-state index is -0.442. The van der Waals surface area contributed by atoms with Crippen LogP contribution in [0.25, 0.3) is 0 Å². The quantitative estimate of drug-likeness (QED) is 0.684. The summed E-state index contributed by atoms with van der Waals surface area (Å²) in [6, 6.07) is 0. The molecule has 5 nitrogen and oxygen atoms in total. The molecule has 88 valence electrons. The highest BCUT2D eigenvalue weighted by atomic mass is 16.9. The van der Waals surface area contributed by atoms with Crippen molar-refractivity contribution in [2.75, 3.05) is 0 Å². The van der Waals surface area contributed by atoms with E-state index in [1.165, 1.54) is 0 Å². The molecule has 0 heterocycles.